The lowest BCUT2D eigenvalue weighted by Gasteiger charge is -2.28. The maximum absolute atomic E-state index is 14.6. The summed E-state index contributed by atoms with van der Waals surface area (Å²) in [5.41, 5.74) is 2.12. The SMILES string of the molecule is CSc1ccc(-c2csc3c(OC4CCN(C)CC4)ncnc23)c(F)c1.O.O. The van der Waals surface area contributed by atoms with Gasteiger partial charge in [-0.3, -0.25) is 0 Å². The highest BCUT2D eigenvalue weighted by molar-refractivity contribution is 7.98. The lowest BCUT2D eigenvalue weighted by Crippen LogP contribution is -2.35. The number of thioether (sulfide) groups is 1. The van der Waals surface area contributed by atoms with Crippen LogP contribution >= 0.6 is 23.1 Å². The van der Waals surface area contributed by atoms with Gasteiger partial charge in [0.1, 0.15) is 22.9 Å². The fraction of sp³-hybridized carbons (Fsp3) is 0.368. The third kappa shape index (κ3) is 4.44. The van der Waals surface area contributed by atoms with Crippen LogP contribution in [0.2, 0.25) is 0 Å². The molecule has 1 fully saturated rings. The Kier molecular flexibility index (Phi) is 7.73. The van der Waals surface area contributed by atoms with E-state index < -0.39 is 0 Å². The zero-order valence-electron chi connectivity index (χ0n) is 15.7. The van der Waals surface area contributed by atoms with Gasteiger partial charge in [-0.2, -0.15) is 0 Å². The molecular weight excluding hydrogens is 401 g/mol. The number of piperidine rings is 1. The Hall–Kier alpha value is -1.78. The van der Waals surface area contributed by atoms with Crippen LogP contribution in [0.5, 0.6) is 5.88 Å². The van der Waals surface area contributed by atoms with E-state index in [4.69, 9.17) is 4.74 Å². The second-order valence-corrected chi connectivity index (χ2v) is 8.23. The van der Waals surface area contributed by atoms with Gasteiger partial charge in [0.15, 0.2) is 0 Å². The Balaban J connectivity index is 0.00000140. The Morgan fingerprint density at radius 2 is 1.93 bits per heavy atom. The number of aromatic nitrogens is 2. The minimum Gasteiger partial charge on any atom is -0.473 e. The maximum Gasteiger partial charge on any atom is 0.235 e. The van der Waals surface area contributed by atoms with Gasteiger partial charge in [0.25, 0.3) is 0 Å². The van der Waals surface area contributed by atoms with Crippen molar-refractivity contribution in [2.24, 2.45) is 0 Å². The van der Waals surface area contributed by atoms with Crippen molar-refractivity contribution in [1.29, 1.82) is 0 Å². The van der Waals surface area contributed by atoms with Crippen LogP contribution in [-0.2, 0) is 0 Å². The van der Waals surface area contributed by atoms with Crippen molar-refractivity contribution in [2.75, 3.05) is 26.4 Å². The molecule has 1 aromatic carbocycles. The van der Waals surface area contributed by atoms with E-state index in [1.54, 1.807) is 6.07 Å². The summed E-state index contributed by atoms with van der Waals surface area (Å²) in [6, 6.07) is 5.33. The van der Waals surface area contributed by atoms with Crippen LogP contribution in [0.15, 0.2) is 34.8 Å². The number of thiophene rings is 1. The molecule has 0 unspecified atom stereocenters. The van der Waals surface area contributed by atoms with Crippen LogP contribution in [0.3, 0.4) is 0 Å². The molecule has 9 heteroatoms. The van der Waals surface area contributed by atoms with Gasteiger partial charge in [-0.25, -0.2) is 14.4 Å². The number of likely N-dealkylation sites (tertiary alicyclic amines) is 1. The van der Waals surface area contributed by atoms with E-state index in [1.807, 2.05) is 23.8 Å². The molecule has 0 atom stereocenters. The van der Waals surface area contributed by atoms with E-state index >= 15 is 0 Å². The summed E-state index contributed by atoms with van der Waals surface area (Å²) in [6.07, 6.45) is 5.61. The Labute approximate surface area is 171 Å². The number of halogens is 1. The highest BCUT2D eigenvalue weighted by atomic mass is 32.2. The fourth-order valence-electron chi connectivity index (χ4n) is 3.21. The second kappa shape index (κ2) is 9.62. The van der Waals surface area contributed by atoms with Crippen LogP contribution in [0.4, 0.5) is 4.39 Å². The van der Waals surface area contributed by atoms with Crippen molar-refractivity contribution in [3.8, 4) is 17.0 Å². The summed E-state index contributed by atoms with van der Waals surface area (Å²) in [5.74, 6) is 0.384. The third-order valence-electron chi connectivity index (χ3n) is 4.73. The van der Waals surface area contributed by atoms with Crippen LogP contribution < -0.4 is 4.74 Å². The Bertz CT molecular complexity index is 930. The molecule has 4 N–H and O–H groups in total. The van der Waals surface area contributed by atoms with Gasteiger partial charge in [-0.15, -0.1) is 23.1 Å². The van der Waals surface area contributed by atoms with Crippen molar-refractivity contribution in [1.82, 2.24) is 14.9 Å². The Morgan fingerprint density at radius 1 is 1.18 bits per heavy atom. The van der Waals surface area contributed by atoms with Crippen molar-refractivity contribution < 1.29 is 20.1 Å². The van der Waals surface area contributed by atoms with E-state index in [0.29, 0.717) is 11.4 Å². The molecule has 152 valence electrons. The zero-order valence-corrected chi connectivity index (χ0v) is 17.4. The summed E-state index contributed by atoms with van der Waals surface area (Å²) in [4.78, 5) is 12.0. The van der Waals surface area contributed by atoms with Crippen molar-refractivity contribution in [2.45, 2.75) is 23.8 Å². The molecule has 0 saturated carbocycles. The van der Waals surface area contributed by atoms with Gasteiger partial charge in [-0.05, 0) is 38.3 Å². The van der Waals surface area contributed by atoms with Gasteiger partial charge in [0.2, 0.25) is 5.88 Å². The molecular formula is C19H24FN3O3S2. The van der Waals surface area contributed by atoms with Crippen molar-refractivity contribution in [3.63, 3.8) is 0 Å². The Morgan fingerprint density at radius 3 is 2.61 bits per heavy atom. The molecule has 0 spiro atoms. The van der Waals surface area contributed by atoms with Crippen molar-refractivity contribution in [3.05, 3.63) is 35.7 Å². The first-order valence-electron chi connectivity index (χ1n) is 8.57. The van der Waals surface area contributed by atoms with E-state index in [1.165, 1.54) is 29.4 Å². The standard InChI is InChI=1S/C19H20FN3OS2.2H2O/c1-23-7-5-12(6-8-23)24-19-18-17(21-11-22-19)15(10-26-18)14-4-3-13(25-2)9-16(14)20;;/h3-4,9-12H,5-8H2,1-2H3;2*1H2. The number of ether oxygens (including phenoxy) is 1. The molecule has 0 radical (unpaired) electrons. The normalized spacial score (nSPS) is 15.1. The first-order chi connectivity index (χ1) is 12.7. The fourth-order valence-corrected chi connectivity index (χ4v) is 4.58. The van der Waals surface area contributed by atoms with Crippen LogP contribution in [-0.4, -0.2) is 58.3 Å². The summed E-state index contributed by atoms with van der Waals surface area (Å²) >= 11 is 3.04. The van der Waals surface area contributed by atoms with Crippen molar-refractivity contribution >= 4 is 33.3 Å². The van der Waals surface area contributed by atoms with Gasteiger partial charge in [-0.1, -0.05) is 6.07 Å². The monoisotopic (exact) mass is 425 g/mol. The maximum atomic E-state index is 14.6. The molecule has 1 aliphatic rings. The number of nitrogens with zero attached hydrogens (tertiary/aromatic N) is 3. The molecule has 4 rings (SSSR count). The predicted octanol–water partition coefficient (Wildman–Crippen LogP) is 3.04. The number of rotatable bonds is 4. The molecule has 6 nitrogen and oxygen atoms in total. The predicted molar refractivity (Wildman–Crippen MR) is 113 cm³/mol. The largest absolute Gasteiger partial charge is 0.473 e. The van der Waals surface area contributed by atoms with Crippen LogP contribution in [0.25, 0.3) is 21.3 Å². The molecule has 0 bridgehead atoms. The second-order valence-electron chi connectivity index (χ2n) is 6.47. The summed E-state index contributed by atoms with van der Waals surface area (Å²) < 4.78 is 21.6. The minimum atomic E-state index is -0.229. The lowest BCUT2D eigenvalue weighted by atomic mass is 10.1. The molecule has 2 aromatic heterocycles. The molecule has 28 heavy (non-hydrogen) atoms. The smallest absolute Gasteiger partial charge is 0.235 e. The van der Waals surface area contributed by atoms with E-state index in [0.717, 1.165) is 46.6 Å². The quantitative estimate of drug-likeness (QED) is 0.598. The average Bonchev–Trinajstić information content (AvgIpc) is 3.08. The number of hydrogen-bond acceptors (Lipinski definition) is 6. The number of benzene rings is 1. The summed E-state index contributed by atoms with van der Waals surface area (Å²) in [5, 5.41) is 1.94. The first-order valence-corrected chi connectivity index (χ1v) is 10.7. The van der Waals surface area contributed by atoms with Crippen LogP contribution in [0, 0.1) is 5.82 Å². The van der Waals surface area contributed by atoms with E-state index in [9.17, 15) is 4.39 Å². The lowest BCUT2D eigenvalue weighted by molar-refractivity contribution is 0.111. The average molecular weight is 426 g/mol. The van der Waals surface area contributed by atoms with Gasteiger partial charge in [0, 0.05) is 34.5 Å². The summed E-state index contributed by atoms with van der Waals surface area (Å²) in [6.45, 7) is 2.06. The highest BCUT2D eigenvalue weighted by Crippen LogP contribution is 2.38. The zero-order chi connectivity index (χ0) is 18.1. The number of hydrogen-bond donors (Lipinski definition) is 0. The topological polar surface area (TPSA) is 101 Å². The summed E-state index contributed by atoms with van der Waals surface area (Å²) in [7, 11) is 2.13. The third-order valence-corrected chi connectivity index (χ3v) is 6.41. The molecule has 0 aliphatic carbocycles. The number of fused-ring (bicyclic) bond motifs is 1. The first kappa shape index (κ1) is 22.5. The van der Waals surface area contributed by atoms with Crippen LogP contribution in [0.1, 0.15) is 12.8 Å². The van der Waals surface area contributed by atoms with E-state index in [2.05, 4.69) is 21.9 Å². The van der Waals surface area contributed by atoms with Gasteiger partial charge < -0.3 is 20.6 Å². The molecule has 1 saturated heterocycles. The minimum absolute atomic E-state index is 0. The molecule has 3 aromatic rings. The molecule has 1 aliphatic heterocycles. The molecule has 3 heterocycles. The van der Waals surface area contributed by atoms with Gasteiger partial charge in [0.05, 0.1) is 5.52 Å². The van der Waals surface area contributed by atoms with Gasteiger partial charge >= 0.3 is 0 Å². The van der Waals surface area contributed by atoms with E-state index in [-0.39, 0.29) is 22.9 Å². The highest BCUT2D eigenvalue weighted by Gasteiger charge is 2.21. The molecule has 0 amide bonds.